The minimum Gasteiger partial charge on any atom is -0.494 e. The van der Waals surface area contributed by atoms with E-state index >= 15 is 0 Å². The summed E-state index contributed by atoms with van der Waals surface area (Å²) in [7, 11) is -1.43. The summed E-state index contributed by atoms with van der Waals surface area (Å²) in [5.74, 6) is 0.846. The normalized spacial score (nSPS) is 11.7. The maximum absolute atomic E-state index is 9.16. The Hall–Kier alpha value is -1.52. The molecule has 0 saturated heterocycles. The van der Waals surface area contributed by atoms with Crippen LogP contribution in [0.2, 0.25) is 0 Å². The maximum Gasteiger partial charge on any atom is 0.488 e. The Labute approximate surface area is 120 Å². The molecule has 0 radical (unpaired) electrons. The Morgan fingerprint density at radius 3 is 2.30 bits per heavy atom. The molecule has 3 nitrogen and oxygen atoms in total. The van der Waals surface area contributed by atoms with Crippen molar-refractivity contribution in [2.45, 2.75) is 27.2 Å². The zero-order valence-corrected chi connectivity index (χ0v) is 12.3. The zero-order chi connectivity index (χ0) is 14.8. The van der Waals surface area contributed by atoms with Gasteiger partial charge in [0.1, 0.15) is 5.75 Å². The van der Waals surface area contributed by atoms with Gasteiger partial charge in [0.15, 0.2) is 0 Å². The molecular formula is C16H21BO3. The highest BCUT2D eigenvalue weighted by atomic mass is 16.5. The molecule has 0 heterocycles. The van der Waals surface area contributed by atoms with E-state index in [1.54, 1.807) is 12.1 Å². The molecule has 2 aromatic rings. The molecule has 2 rings (SSSR count). The first-order chi connectivity index (χ1) is 9.35. The van der Waals surface area contributed by atoms with Crippen molar-refractivity contribution in [3.05, 3.63) is 36.4 Å². The summed E-state index contributed by atoms with van der Waals surface area (Å²) in [5, 5.41) is 20.3. The Morgan fingerprint density at radius 2 is 1.65 bits per heavy atom. The fourth-order valence-electron chi connectivity index (χ4n) is 1.97. The Bertz CT molecular complexity index is 588. The number of ether oxygens (including phenoxy) is 1. The molecule has 0 saturated carbocycles. The highest BCUT2D eigenvalue weighted by Crippen LogP contribution is 2.22. The van der Waals surface area contributed by atoms with Gasteiger partial charge in [0, 0.05) is 0 Å². The van der Waals surface area contributed by atoms with Gasteiger partial charge in [0.25, 0.3) is 0 Å². The summed E-state index contributed by atoms with van der Waals surface area (Å²) in [6, 6.07) is 11.2. The number of benzene rings is 2. The molecule has 0 atom stereocenters. The van der Waals surface area contributed by atoms with Gasteiger partial charge in [0.05, 0.1) is 6.61 Å². The molecule has 0 aliphatic rings. The molecule has 4 heteroatoms. The van der Waals surface area contributed by atoms with E-state index in [1.165, 1.54) is 0 Å². The quantitative estimate of drug-likeness (QED) is 0.840. The summed E-state index contributed by atoms with van der Waals surface area (Å²) in [5.41, 5.74) is 0.766. The van der Waals surface area contributed by atoms with Gasteiger partial charge in [-0.25, -0.2) is 0 Å². The lowest BCUT2D eigenvalue weighted by Gasteiger charge is -2.18. The molecule has 2 N–H and O–H groups in total. The van der Waals surface area contributed by atoms with Gasteiger partial charge in [-0.05, 0) is 40.2 Å². The van der Waals surface area contributed by atoms with Crippen LogP contribution in [0, 0.1) is 5.41 Å². The average Bonchev–Trinajstić information content (AvgIpc) is 2.36. The van der Waals surface area contributed by atoms with Crippen LogP contribution in [0.15, 0.2) is 36.4 Å². The van der Waals surface area contributed by atoms with E-state index in [1.807, 2.05) is 24.3 Å². The van der Waals surface area contributed by atoms with Crippen LogP contribution in [0.5, 0.6) is 5.75 Å². The number of fused-ring (bicyclic) bond motifs is 1. The monoisotopic (exact) mass is 272 g/mol. The van der Waals surface area contributed by atoms with E-state index in [2.05, 4.69) is 20.8 Å². The van der Waals surface area contributed by atoms with Crippen molar-refractivity contribution >= 4 is 23.4 Å². The van der Waals surface area contributed by atoms with Crippen LogP contribution in [0.4, 0.5) is 0 Å². The molecule has 0 bridgehead atoms. The first-order valence-electron chi connectivity index (χ1n) is 6.88. The molecule has 0 aromatic heterocycles. The van der Waals surface area contributed by atoms with Crippen molar-refractivity contribution in [1.29, 1.82) is 0 Å². The molecule has 0 spiro atoms. The topological polar surface area (TPSA) is 49.7 Å². The minimum atomic E-state index is -1.43. The summed E-state index contributed by atoms with van der Waals surface area (Å²) >= 11 is 0. The van der Waals surface area contributed by atoms with Crippen LogP contribution >= 0.6 is 0 Å². The standard InChI is InChI=1S/C16H21BO3/c1-16(2,3)8-9-20-15-7-5-12-10-14(17(18)19)6-4-13(12)11-15/h4-7,10-11,18-19H,8-9H2,1-3H3. The van der Waals surface area contributed by atoms with Gasteiger partial charge in [-0.3, -0.25) is 0 Å². The highest BCUT2D eigenvalue weighted by molar-refractivity contribution is 6.58. The van der Waals surface area contributed by atoms with E-state index in [4.69, 9.17) is 14.8 Å². The predicted octanol–water partition coefficient (Wildman–Crippen LogP) is 2.33. The number of hydrogen-bond donors (Lipinski definition) is 2. The van der Waals surface area contributed by atoms with Gasteiger partial charge in [0.2, 0.25) is 0 Å². The smallest absolute Gasteiger partial charge is 0.488 e. The number of hydrogen-bond acceptors (Lipinski definition) is 3. The van der Waals surface area contributed by atoms with Crippen molar-refractivity contribution < 1.29 is 14.8 Å². The van der Waals surface area contributed by atoms with Crippen LogP contribution in [-0.2, 0) is 0 Å². The lowest BCUT2D eigenvalue weighted by molar-refractivity contribution is 0.243. The largest absolute Gasteiger partial charge is 0.494 e. The lowest BCUT2D eigenvalue weighted by Crippen LogP contribution is -2.29. The van der Waals surface area contributed by atoms with Crippen molar-refractivity contribution in [2.24, 2.45) is 5.41 Å². The van der Waals surface area contributed by atoms with Crippen LogP contribution < -0.4 is 10.2 Å². The van der Waals surface area contributed by atoms with Gasteiger partial charge in [-0.15, -0.1) is 0 Å². The Balaban J connectivity index is 2.12. The Morgan fingerprint density at radius 1 is 1.00 bits per heavy atom. The first-order valence-corrected chi connectivity index (χ1v) is 6.88. The van der Waals surface area contributed by atoms with Crippen molar-refractivity contribution in [3.8, 4) is 5.75 Å². The fourth-order valence-corrected chi connectivity index (χ4v) is 1.97. The molecule has 0 amide bonds. The van der Waals surface area contributed by atoms with E-state index in [0.717, 1.165) is 22.9 Å². The summed E-state index contributed by atoms with van der Waals surface area (Å²) in [4.78, 5) is 0. The van der Waals surface area contributed by atoms with Crippen LogP contribution in [-0.4, -0.2) is 23.8 Å². The van der Waals surface area contributed by atoms with Crippen molar-refractivity contribution in [3.63, 3.8) is 0 Å². The van der Waals surface area contributed by atoms with E-state index in [-0.39, 0.29) is 5.41 Å². The number of rotatable bonds is 4. The van der Waals surface area contributed by atoms with E-state index in [0.29, 0.717) is 12.1 Å². The van der Waals surface area contributed by atoms with Gasteiger partial charge in [-0.2, -0.15) is 0 Å². The lowest BCUT2D eigenvalue weighted by atomic mass is 9.79. The molecule has 0 aliphatic heterocycles. The third-order valence-corrected chi connectivity index (χ3v) is 3.25. The van der Waals surface area contributed by atoms with Crippen molar-refractivity contribution in [2.75, 3.05) is 6.61 Å². The second kappa shape index (κ2) is 5.86. The average molecular weight is 272 g/mol. The molecule has 106 valence electrons. The predicted molar refractivity (Wildman–Crippen MR) is 83.3 cm³/mol. The third kappa shape index (κ3) is 3.99. The second-order valence-electron chi connectivity index (χ2n) is 6.30. The highest BCUT2D eigenvalue weighted by Gasteiger charge is 2.12. The minimum absolute atomic E-state index is 0.267. The summed E-state index contributed by atoms with van der Waals surface area (Å²) in [6.45, 7) is 7.28. The molecule has 2 aromatic carbocycles. The van der Waals surface area contributed by atoms with Gasteiger partial charge >= 0.3 is 7.12 Å². The van der Waals surface area contributed by atoms with E-state index < -0.39 is 7.12 Å². The van der Waals surface area contributed by atoms with Crippen molar-refractivity contribution in [1.82, 2.24) is 0 Å². The second-order valence-corrected chi connectivity index (χ2v) is 6.30. The summed E-state index contributed by atoms with van der Waals surface area (Å²) < 4.78 is 5.77. The zero-order valence-electron chi connectivity index (χ0n) is 12.3. The fraction of sp³-hybridized carbons (Fsp3) is 0.375. The van der Waals surface area contributed by atoms with Crippen LogP contribution in [0.1, 0.15) is 27.2 Å². The molecule has 0 fully saturated rings. The van der Waals surface area contributed by atoms with Crippen LogP contribution in [0.3, 0.4) is 0 Å². The maximum atomic E-state index is 9.16. The van der Waals surface area contributed by atoms with Crippen LogP contribution in [0.25, 0.3) is 10.8 Å². The summed E-state index contributed by atoms with van der Waals surface area (Å²) in [6.07, 6.45) is 1.00. The van der Waals surface area contributed by atoms with E-state index in [9.17, 15) is 0 Å². The Kier molecular flexibility index (Phi) is 4.36. The first kappa shape index (κ1) is 14.9. The SMILES string of the molecule is CC(C)(C)CCOc1ccc2cc(B(O)O)ccc2c1. The van der Waals surface area contributed by atoms with Gasteiger partial charge < -0.3 is 14.8 Å². The molecule has 0 unspecified atom stereocenters. The molecule has 20 heavy (non-hydrogen) atoms. The van der Waals surface area contributed by atoms with Gasteiger partial charge in [-0.1, -0.05) is 45.0 Å². The third-order valence-electron chi connectivity index (χ3n) is 3.25. The molecular weight excluding hydrogens is 251 g/mol. The molecule has 0 aliphatic carbocycles.